The lowest BCUT2D eigenvalue weighted by Gasteiger charge is -2.41. The molecule has 1 amide bonds. The van der Waals surface area contributed by atoms with Gasteiger partial charge in [0.15, 0.2) is 5.76 Å². The zero-order chi connectivity index (χ0) is 22.6. The molecule has 2 aromatic heterocycles. The second-order valence-electron chi connectivity index (χ2n) is 8.48. The molecule has 170 valence electrons. The molecular formula is C25H27N5O3. The van der Waals surface area contributed by atoms with Gasteiger partial charge >= 0.3 is 0 Å². The third-order valence-corrected chi connectivity index (χ3v) is 6.43. The topological polar surface area (TPSA) is 89.7 Å². The van der Waals surface area contributed by atoms with E-state index in [4.69, 9.17) is 8.83 Å². The molecule has 0 N–H and O–H groups in total. The van der Waals surface area contributed by atoms with Crippen LogP contribution >= 0.6 is 0 Å². The Morgan fingerprint density at radius 3 is 2.39 bits per heavy atom. The summed E-state index contributed by atoms with van der Waals surface area (Å²) in [5.74, 6) is 1.44. The lowest BCUT2D eigenvalue weighted by molar-refractivity contribution is -0.138. The van der Waals surface area contributed by atoms with Gasteiger partial charge < -0.3 is 18.6 Å². The fourth-order valence-corrected chi connectivity index (χ4v) is 4.72. The van der Waals surface area contributed by atoms with Crippen LogP contribution in [0, 0.1) is 11.3 Å². The van der Waals surface area contributed by atoms with E-state index in [-0.39, 0.29) is 17.6 Å². The first kappa shape index (κ1) is 21.3. The van der Waals surface area contributed by atoms with Crippen LogP contribution in [0.4, 0.5) is 5.88 Å². The molecule has 33 heavy (non-hydrogen) atoms. The largest absolute Gasteiger partial charge is 0.459 e. The van der Waals surface area contributed by atoms with Crippen molar-refractivity contribution in [3.8, 4) is 17.7 Å². The van der Waals surface area contributed by atoms with Crippen molar-refractivity contribution in [1.29, 1.82) is 5.26 Å². The Morgan fingerprint density at radius 2 is 1.73 bits per heavy atom. The highest BCUT2D eigenvalue weighted by molar-refractivity contribution is 5.83. The number of likely N-dealkylation sites (tertiary alicyclic amines) is 1. The third-order valence-electron chi connectivity index (χ3n) is 6.43. The zero-order valence-electron chi connectivity index (χ0n) is 18.5. The molecule has 0 bridgehead atoms. The van der Waals surface area contributed by atoms with Crippen molar-refractivity contribution in [2.75, 3.05) is 44.2 Å². The van der Waals surface area contributed by atoms with Crippen LogP contribution in [0.1, 0.15) is 36.6 Å². The first-order valence-electron chi connectivity index (χ1n) is 11.5. The Labute approximate surface area is 193 Å². The van der Waals surface area contributed by atoms with E-state index in [2.05, 4.69) is 16.0 Å². The van der Waals surface area contributed by atoms with Crippen LogP contribution in [0.5, 0.6) is 0 Å². The monoisotopic (exact) mass is 445 g/mol. The van der Waals surface area contributed by atoms with Crippen LogP contribution in [-0.2, 0) is 4.79 Å². The third kappa shape index (κ3) is 4.37. The van der Waals surface area contributed by atoms with Crippen molar-refractivity contribution in [2.45, 2.75) is 25.3 Å². The summed E-state index contributed by atoms with van der Waals surface area (Å²) in [7, 11) is 0. The minimum atomic E-state index is -0.296. The molecule has 0 spiro atoms. The molecule has 1 unspecified atom stereocenters. The average Bonchev–Trinajstić information content (AvgIpc) is 3.56. The fraction of sp³-hybridized carbons (Fsp3) is 0.400. The van der Waals surface area contributed by atoms with Crippen LogP contribution in [0.15, 0.2) is 57.6 Å². The quantitative estimate of drug-likeness (QED) is 0.592. The van der Waals surface area contributed by atoms with E-state index in [0.717, 1.165) is 31.5 Å². The van der Waals surface area contributed by atoms with Gasteiger partial charge in [0.05, 0.1) is 6.26 Å². The second-order valence-corrected chi connectivity index (χ2v) is 8.48. The van der Waals surface area contributed by atoms with E-state index in [1.54, 1.807) is 18.4 Å². The summed E-state index contributed by atoms with van der Waals surface area (Å²) >= 11 is 0. The van der Waals surface area contributed by atoms with Crippen molar-refractivity contribution in [2.24, 2.45) is 0 Å². The molecule has 2 fully saturated rings. The number of piperidine rings is 1. The van der Waals surface area contributed by atoms with Crippen LogP contribution in [0.2, 0.25) is 0 Å². The predicted octanol–water partition coefficient (Wildman–Crippen LogP) is 3.68. The second kappa shape index (κ2) is 9.51. The summed E-state index contributed by atoms with van der Waals surface area (Å²) in [6, 6.07) is 15.4. The molecule has 2 aliphatic heterocycles. The number of nitriles is 1. The van der Waals surface area contributed by atoms with Crippen LogP contribution in [0.25, 0.3) is 11.7 Å². The number of piperazine rings is 1. The number of aromatic nitrogens is 1. The highest BCUT2D eigenvalue weighted by atomic mass is 16.4. The number of amides is 1. The van der Waals surface area contributed by atoms with Gasteiger partial charge in [-0.15, -0.1) is 0 Å². The van der Waals surface area contributed by atoms with Gasteiger partial charge in [0.1, 0.15) is 12.1 Å². The number of anilines is 1. The van der Waals surface area contributed by atoms with Gasteiger partial charge in [0.2, 0.25) is 17.5 Å². The first-order valence-corrected chi connectivity index (χ1v) is 11.5. The summed E-state index contributed by atoms with van der Waals surface area (Å²) < 4.78 is 11.3. The summed E-state index contributed by atoms with van der Waals surface area (Å²) in [6.45, 7) is 4.31. The number of oxazole rings is 1. The standard InChI is InChI=1S/C25H27N5O3/c26-18-20-25(33-23(27-20)21-10-7-17-32-21)30-15-13-28(14-16-30)22(19-8-3-1-4-9-19)24(31)29-11-5-2-6-12-29/h1,3-4,7-10,17,22H,2,5-6,11-16H2. The SMILES string of the molecule is N#Cc1nc(-c2ccco2)oc1N1CCN(C(C(=O)N2CCCCC2)c2ccccc2)CC1. The van der Waals surface area contributed by atoms with Crippen LogP contribution in [-0.4, -0.2) is 60.0 Å². The van der Waals surface area contributed by atoms with Crippen molar-refractivity contribution in [3.05, 3.63) is 60.0 Å². The molecule has 2 aliphatic rings. The summed E-state index contributed by atoms with van der Waals surface area (Å²) in [4.78, 5) is 24.2. The predicted molar refractivity (Wildman–Crippen MR) is 122 cm³/mol. The van der Waals surface area contributed by atoms with Crippen molar-refractivity contribution in [1.82, 2.24) is 14.8 Å². The molecule has 5 rings (SSSR count). The minimum absolute atomic E-state index is 0.187. The maximum atomic E-state index is 13.6. The lowest BCUT2D eigenvalue weighted by atomic mass is 10.0. The molecule has 8 nitrogen and oxygen atoms in total. The van der Waals surface area contributed by atoms with Gasteiger partial charge in [-0.05, 0) is 37.0 Å². The number of rotatable bonds is 5. The first-order chi connectivity index (χ1) is 16.2. The van der Waals surface area contributed by atoms with E-state index in [0.29, 0.717) is 43.7 Å². The summed E-state index contributed by atoms with van der Waals surface area (Å²) in [5, 5.41) is 9.58. The smallest absolute Gasteiger partial charge is 0.266 e. The van der Waals surface area contributed by atoms with Crippen LogP contribution < -0.4 is 4.90 Å². The molecule has 0 radical (unpaired) electrons. The Hall–Kier alpha value is -3.57. The van der Waals surface area contributed by atoms with E-state index in [1.807, 2.05) is 40.1 Å². The Morgan fingerprint density at radius 1 is 0.970 bits per heavy atom. The Bertz CT molecular complexity index is 1100. The number of hydrogen-bond acceptors (Lipinski definition) is 7. The van der Waals surface area contributed by atoms with Crippen molar-refractivity contribution in [3.63, 3.8) is 0 Å². The van der Waals surface area contributed by atoms with Gasteiger partial charge in [0.25, 0.3) is 5.89 Å². The molecule has 1 aromatic carbocycles. The summed E-state index contributed by atoms with van der Waals surface area (Å²) in [5.41, 5.74) is 1.28. The maximum absolute atomic E-state index is 13.6. The molecule has 1 atom stereocenters. The minimum Gasteiger partial charge on any atom is -0.459 e. The Kier molecular flexibility index (Phi) is 6.13. The van der Waals surface area contributed by atoms with E-state index < -0.39 is 0 Å². The molecule has 0 saturated carbocycles. The number of furan rings is 1. The maximum Gasteiger partial charge on any atom is 0.266 e. The lowest BCUT2D eigenvalue weighted by Crippen LogP contribution is -2.52. The van der Waals surface area contributed by atoms with E-state index in [1.165, 1.54) is 6.42 Å². The zero-order valence-corrected chi connectivity index (χ0v) is 18.5. The molecule has 4 heterocycles. The number of carbonyl (C=O) groups excluding carboxylic acids is 1. The number of benzene rings is 1. The van der Waals surface area contributed by atoms with E-state index in [9.17, 15) is 10.1 Å². The fourth-order valence-electron chi connectivity index (χ4n) is 4.72. The van der Waals surface area contributed by atoms with Gasteiger partial charge in [-0.3, -0.25) is 9.69 Å². The number of carbonyl (C=O) groups is 1. The molecule has 2 saturated heterocycles. The normalized spacial score (nSPS) is 18.2. The molecule has 8 heteroatoms. The van der Waals surface area contributed by atoms with Gasteiger partial charge in [-0.1, -0.05) is 30.3 Å². The van der Waals surface area contributed by atoms with E-state index >= 15 is 0 Å². The van der Waals surface area contributed by atoms with Crippen molar-refractivity contribution >= 4 is 11.8 Å². The number of hydrogen-bond donors (Lipinski definition) is 0. The highest BCUT2D eigenvalue weighted by Crippen LogP contribution is 2.31. The molecule has 3 aromatic rings. The molecular weight excluding hydrogens is 418 g/mol. The summed E-state index contributed by atoms with van der Waals surface area (Å²) in [6.07, 6.45) is 4.88. The average molecular weight is 446 g/mol. The number of nitrogens with zero attached hydrogens (tertiary/aromatic N) is 5. The van der Waals surface area contributed by atoms with Gasteiger partial charge in [-0.25, -0.2) is 0 Å². The van der Waals surface area contributed by atoms with Crippen molar-refractivity contribution < 1.29 is 13.6 Å². The van der Waals surface area contributed by atoms with Gasteiger partial charge in [-0.2, -0.15) is 10.2 Å². The van der Waals surface area contributed by atoms with Gasteiger partial charge in [0, 0.05) is 39.3 Å². The Balaban J connectivity index is 1.34. The molecule has 0 aliphatic carbocycles. The van der Waals surface area contributed by atoms with Crippen LogP contribution in [0.3, 0.4) is 0 Å². The highest BCUT2D eigenvalue weighted by Gasteiger charge is 2.35.